The molecule has 3 aromatic rings. The van der Waals surface area contributed by atoms with Crippen LogP contribution >= 0.6 is 0 Å². The van der Waals surface area contributed by atoms with E-state index in [1.807, 2.05) is 0 Å². The molecular formula is C24H21F4N3O4. The van der Waals surface area contributed by atoms with E-state index in [0.717, 1.165) is 12.1 Å². The largest absolute Gasteiger partial charge is 0.452 e. The lowest BCUT2D eigenvalue weighted by Gasteiger charge is -2.31. The molecule has 2 aromatic carbocycles. The van der Waals surface area contributed by atoms with Crippen LogP contribution in [0.4, 0.5) is 28.9 Å². The van der Waals surface area contributed by atoms with Crippen LogP contribution in [0.25, 0.3) is 10.9 Å². The monoisotopic (exact) mass is 491 g/mol. The number of hydrogen-bond acceptors (Lipinski definition) is 6. The molecule has 1 aromatic heterocycles. The van der Waals surface area contributed by atoms with Crippen LogP contribution in [0.5, 0.6) is 0 Å². The first-order chi connectivity index (χ1) is 16.6. The summed E-state index contributed by atoms with van der Waals surface area (Å²) in [7, 11) is 0. The summed E-state index contributed by atoms with van der Waals surface area (Å²) in [6, 6.07) is 8.47. The Morgan fingerprint density at radius 3 is 2.57 bits per heavy atom. The highest BCUT2D eigenvalue weighted by molar-refractivity contribution is 5.99. The maximum Gasteiger partial charge on any atom is 0.416 e. The van der Waals surface area contributed by atoms with Gasteiger partial charge in [-0.3, -0.25) is 9.78 Å². The Kier molecular flexibility index (Phi) is 6.88. The first kappa shape index (κ1) is 24.4. The second-order valence-corrected chi connectivity index (χ2v) is 7.91. The van der Waals surface area contributed by atoms with E-state index in [9.17, 15) is 27.2 Å². The molecule has 0 spiro atoms. The van der Waals surface area contributed by atoms with Gasteiger partial charge in [0.15, 0.2) is 6.61 Å². The summed E-state index contributed by atoms with van der Waals surface area (Å²) in [4.78, 5) is 31.0. The third-order valence-corrected chi connectivity index (χ3v) is 5.47. The molecule has 7 nitrogen and oxygen atoms in total. The Bertz CT molecular complexity index is 1270. The highest BCUT2D eigenvalue weighted by Crippen LogP contribution is 2.35. The summed E-state index contributed by atoms with van der Waals surface area (Å²) in [5.41, 5.74) is 0.162. The minimum atomic E-state index is -4.60. The molecule has 1 fully saturated rings. The lowest BCUT2D eigenvalue weighted by molar-refractivity contribution is -0.137. The molecule has 1 aliphatic rings. The molecule has 0 unspecified atom stereocenters. The van der Waals surface area contributed by atoms with E-state index >= 15 is 0 Å². The Hall–Kier alpha value is -3.73. The lowest BCUT2D eigenvalue weighted by atomic mass is 10.1. The van der Waals surface area contributed by atoms with Gasteiger partial charge in [-0.05, 0) is 43.3 Å². The molecule has 35 heavy (non-hydrogen) atoms. The van der Waals surface area contributed by atoms with Gasteiger partial charge in [0, 0.05) is 24.5 Å². The molecule has 0 atom stereocenters. The summed E-state index contributed by atoms with van der Waals surface area (Å²) >= 11 is 0. The standard InChI is InChI=1S/C24H21F4N3O4/c1-14-18(10-15-2-4-17(25)12-19(15)29-14)23(33)35-13-22(32)30-20-11-16(24(26,27)28)3-5-21(20)31-6-8-34-9-7-31/h2-5,10-12H,6-9,13H2,1H3,(H,30,32). The molecule has 2 heterocycles. The van der Waals surface area contributed by atoms with E-state index in [1.54, 1.807) is 4.90 Å². The van der Waals surface area contributed by atoms with Crippen LogP contribution in [-0.2, 0) is 20.4 Å². The summed E-state index contributed by atoms with van der Waals surface area (Å²) in [5.74, 6) is -2.11. The number of esters is 1. The van der Waals surface area contributed by atoms with Crippen molar-refractivity contribution in [1.29, 1.82) is 0 Å². The zero-order chi connectivity index (χ0) is 25.2. The Morgan fingerprint density at radius 1 is 1.11 bits per heavy atom. The fourth-order valence-corrected chi connectivity index (χ4v) is 3.73. The van der Waals surface area contributed by atoms with Gasteiger partial charge in [-0.25, -0.2) is 9.18 Å². The van der Waals surface area contributed by atoms with Crippen molar-refractivity contribution < 1.29 is 36.6 Å². The van der Waals surface area contributed by atoms with Crippen LogP contribution in [-0.4, -0.2) is 49.8 Å². The number of carbonyl (C=O) groups excluding carboxylic acids is 2. The first-order valence-corrected chi connectivity index (χ1v) is 10.7. The van der Waals surface area contributed by atoms with Crippen LogP contribution in [0.3, 0.4) is 0 Å². The predicted octanol–water partition coefficient (Wildman–Crippen LogP) is 4.33. The number of nitrogens with zero attached hydrogens (tertiary/aromatic N) is 2. The van der Waals surface area contributed by atoms with Crippen LogP contribution in [0.2, 0.25) is 0 Å². The quantitative estimate of drug-likeness (QED) is 0.423. The topological polar surface area (TPSA) is 80.8 Å². The van der Waals surface area contributed by atoms with E-state index in [2.05, 4.69) is 10.3 Å². The van der Waals surface area contributed by atoms with E-state index in [0.29, 0.717) is 42.9 Å². The Labute approximate surface area is 197 Å². The molecule has 184 valence electrons. The number of aromatic nitrogens is 1. The number of amides is 1. The van der Waals surface area contributed by atoms with Gasteiger partial charge in [-0.2, -0.15) is 13.2 Å². The Morgan fingerprint density at radius 2 is 1.86 bits per heavy atom. The highest BCUT2D eigenvalue weighted by atomic mass is 19.4. The van der Waals surface area contributed by atoms with Gasteiger partial charge < -0.3 is 19.7 Å². The van der Waals surface area contributed by atoms with Gasteiger partial charge in [0.2, 0.25) is 0 Å². The van der Waals surface area contributed by atoms with Gasteiger partial charge in [0.25, 0.3) is 5.91 Å². The summed E-state index contributed by atoms with van der Waals surface area (Å²) in [6.07, 6.45) is -4.60. The molecule has 1 N–H and O–H groups in total. The summed E-state index contributed by atoms with van der Waals surface area (Å²) in [6.45, 7) is 2.51. The van der Waals surface area contributed by atoms with Crippen LogP contribution < -0.4 is 10.2 Å². The number of nitrogens with one attached hydrogen (secondary N) is 1. The van der Waals surface area contributed by atoms with Gasteiger partial charge in [0.05, 0.1) is 46.9 Å². The summed E-state index contributed by atoms with van der Waals surface area (Å²) < 4.78 is 63.5. The summed E-state index contributed by atoms with van der Waals surface area (Å²) in [5, 5.41) is 2.93. The second kappa shape index (κ2) is 9.87. The smallest absolute Gasteiger partial charge is 0.416 e. The maximum atomic E-state index is 13.4. The molecule has 4 rings (SSSR count). The molecule has 0 saturated carbocycles. The zero-order valence-corrected chi connectivity index (χ0v) is 18.6. The number of rotatable bonds is 5. The predicted molar refractivity (Wildman–Crippen MR) is 120 cm³/mol. The second-order valence-electron chi connectivity index (χ2n) is 7.91. The molecule has 1 amide bonds. The number of anilines is 2. The Balaban J connectivity index is 1.49. The van der Waals surface area contributed by atoms with Crippen molar-refractivity contribution >= 4 is 34.2 Å². The van der Waals surface area contributed by atoms with Crippen LogP contribution in [0.15, 0.2) is 42.5 Å². The normalized spacial score (nSPS) is 14.1. The SMILES string of the molecule is Cc1nc2cc(F)ccc2cc1C(=O)OCC(=O)Nc1cc(C(F)(F)F)ccc1N1CCOCC1. The number of carbonyl (C=O) groups is 2. The van der Waals surface area contributed by atoms with Crippen molar-refractivity contribution in [3.8, 4) is 0 Å². The lowest BCUT2D eigenvalue weighted by Crippen LogP contribution is -2.37. The molecule has 1 saturated heterocycles. The maximum absolute atomic E-state index is 13.4. The van der Waals surface area contributed by atoms with Crippen molar-refractivity contribution in [2.75, 3.05) is 43.1 Å². The number of pyridine rings is 1. The van der Waals surface area contributed by atoms with Gasteiger partial charge in [-0.1, -0.05) is 0 Å². The highest BCUT2D eigenvalue weighted by Gasteiger charge is 2.32. The number of aryl methyl sites for hydroxylation is 1. The van der Waals surface area contributed by atoms with Crippen molar-refractivity contribution in [3.05, 3.63) is 65.1 Å². The van der Waals surface area contributed by atoms with E-state index in [1.165, 1.54) is 37.3 Å². The number of halogens is 4. The van der Waals surface area contributed by atoms with Crippen LogP contribution in [0, 0.1) is 12.7 Å². The zero-order valence-electron chi connectivity index (χ0n) is 18.6. The number of alkyl halides is 3. The minimum absolute atomic E-state index is 0.0478. The van der Waals surface area contributed by atoms with E-state index in [-0.39, 0.29) is 16.9 Å². The van der Waals surface area contributed by atoms with Crippen LogP contribution in [0.1, 0.15) is 21.6 Å². The molecular weight excluding hydrogens is 470 g/mol. The molecule has 0 bridgehead atoms. The number of benzene rings is 2. The van der Waals surface area contributed by atoms with Crippen molar-refractivity contribution in [1.82, 2.24) is 4.98 Å². The fraction of sp³-hybridized carbons (Fsp3) is 0.292. The molecule has 11 heteroatoms. The van der Waals surface area contributed by atoms with Gasteiger partial charge in [-0.15, -0.1) is 0 Å². The average Bonchev–Trinajstić information content (AvgIpc) is 2.82. The first-order valence-electron chi connectivity index (χ1n) is 10.7. The van der Waals surface area contributed by atoms with Crippen molar-refractivity contribution in [2.24, 2.45) is 0 Å². The average molecular weight is 491 g/mol. The number of fused-ring (bicyclic) bond motifs is 1. The number of morpholine rings is 1. The molecule has 0 aliphatic carbocycles. The fourth-order valence-electron chi connectivity index (χ4n) is 3.73. The molecule has 1 aliphatic heterocycles. The number of hydrogen-bond donors (Lipinski definition) is 1. The van der Waals surface area contributed by atoms with Crippen molar-refractivity contribution in [3.63, 3.8) is 0 Å². The van der Waals surface area contributed by atoms with Gasteiger partial charge in [0.1, 0.15) is 5.82 Å². The third kappa shape index (κ3) is 5.68. The van der Waals surface area contributed by atoms with E-state index in [4.69, 9.17) is 9.47 Å². The third-order valence-electron chi connectivity index (χ3n) is 5.47. The molecule has 0 radical (unpaired) electrons. The van der Waals surface area contributed by atoms with Crippen molar-refractivity contribution in [2.45, 2.75) is 13.1 Å². The minimum Gasteiger partial charge on any atom is -0.452 e. The number of ether oxygens (including phenoxy) is 2. The van der Waals surface area contributed by atoms with Gasteiger partial charge >= 0.3 is 12.1 Å². The van der Waals surface area contributed by atoms with E-state index < -0.39 is 36.0 Å².